The van der Waals surface area contributed by atoms with Crippen LogP contribution >= 0.6 is 0 Å². The van der Waals surface area contributed by atoms with E-state index in [0.29, 0.717) is 62.9 Å². The number of nitrogens with one attached hydrogen (secondary N) is 3. The summed E-state index contributed by atoms with van der Waals surface area (Å²) < 4.78 is 71.5. The molecule has 1 heterocycles. The average molecular weight is 820 g/mol. The van der Waals surface area contributed by atoms with Crippen molar-refractivity contribution in [2.24, 2.45) is 5.11 Å². The van der Waals surface area contributed by atoms with Crippen LogP contribution in [0.5, 0.6) is 11.5 Å². The molecule has 3 aromatic rings. The molecular weight excluding hydrogens is 771 g/mol. The number of rotatable bonds is 29. The van der Waals surface area contributed by atoms with Gasteiger partial charge < -0.3 is 49.5 Å². The SMILES string of the molecule is Cc1ccnc(NCCCC(=O)NCC(=O)NC(CC(=O)O)c2ccc(-c3ccc(OCCOCCOCCOCCOCCN=[N+]=[N-])cc3OC(F)(F)F)cc2)c1. The number of alkyl halides is 3. The molecule has 20 heteroatoms. The minimum absolute atomic E-state index is 0.0343. The second-order valence-electron chi connectivity index (χ2n) is 12.3. The number of aromatic nitrogens is 1. The predicted octanol–water partition coefficient (Wildman–Crippen LogP) is 5.35. The van der Waals surface area contributed by atoms with E-state index in [-0.39, 0.29) is 63.2 Å². The number of aliphatic carboxylic acids is 1. The lowest BCUT2D eigenvalue weighted by atomic mass is 9.98. The van der Waals surface area contributed by atoms with Crippen molar-refractivity contribution < 1.29 is 61.1 Å². The van der Waals surface area contributed by atoms with E-state index in [4.69, 9.17) is 29.2 Å². The summed E-state index contributed by atoms with van der Waals surface area (Å²) >= 11 is 0. The van der Waals surface area contributed by atoms with E-state index in [1.165, 1.54) is 36.4 Å². The Morgan fingerprint density at radius 1 is 0.879 bits per heavy atom. The van der Waals surface area contributed by atoms with E-state index < -0.39 is 36.5 Å². The number of carboxylic acids is 1. The van der Waals surface area contributed by atoms with Gasteiger partial charge in [0.2, 0.25) is 11.8 Å². The minimum Gasteiger partial charge on any atom is -0.491 e. The first-order valence-electron chi connectivity index (χ1n) is 18.3. The Hall–Kier alpha value is -5.66. The Morgan fingerprint density at radius 3 is 2.16 bits per heavy atom. The number of ether oxygens (including phenoxy) is 6. The van der Waals surface area contributed by atoms with Gasteiger partial charge in [0, 0.05) is 42.2 Å². The molecule has 0 saturated heterocycles. The van der Waals surface area contributed by atoms with Gasteiger partial charge in [-0.3, -0.25) is 14.4 Å². The second kappa shape index (κ2) is 26.3. The number of nitrogens with zero attached hydrogens (tertiary/aromatic N) is 4. The molecule has 316 valence electrons. The smallest absolute Gasteiger partial charge is 0.491 e. The van der Waals surface area contributed by atoms with Gasteiger partial charge in [0.15, 0.2) is 0 Å². The summed E-state index contributed by atoms with van der Waals surface area (Å²) in [6.07, 6.45) is -3.20. The molecule has 4 N–H and O–H groups in total. The average Bonchev–Trinajstić information content (AvgIpc) is 3.18. The molecule has 0 aliphatic carbocycles. The Morgan fingerprint density at radius 2 is 1.53 bits per heavy atom. The molecule has 0 fully saturated rings. The van der Waals surface area contributed by atoms with Gasteiger partial charge in [-0.2, -0.15) is 0 Å². The Bertz CT molecular complexity index is 1760. The molecule has 0 aliphatic rings. The van der Waals surface area contributed by atoms with Crippen molar-refractivity contribution in [2.45, 2.75) is 38.6 Å². The fourth-order valence-corrected chi connectivity index (χ4v) is 5.10. The molecule has 3 rings (SSSR count). The van der Waals surface area contributed by atoms with Gasteiger partial charge >= 0.3 is 12.3 Å². The van der Waals surface area contributed by atoms with Crippen molar-refractivity contribution >= 4 is 23.6 Å². The first kappa shape index (κ1) is 46.7. The maximum atomic E-state index is 13.4. The van der Waals surface area contributed by atoms with Gasteiger partial charge in [0.1, 0.15) is 23.9 Å². The Labute approximate surface area is 333 Å². The number of halogens is 3. The standard InChI is InChI=1S/C38H48F3N7O10/c1-27-10-12-44-34(23-27)43-11-2-3-35(49)45-26-36(50)47-32(25-37(51)52)29-6-4-28(5-7-29)31-9-8-30(24-33(31)58-38(39,40)41)57-22-21-56-20-19-55-18-17-54-16-15-53-14-13-46-48-42/h4-10,12,23-24,32H,2-3,11,13-22,25-26H2,1H3,(H,43,44)(H,45,49)(H,47,50)(H,51,52). The summed E-state index contributed by atoms with van der Waals surface area (Å²) in [4.78, 5) is 43.4. The lowest BCUT2D eigenvalue weighted by Crippen LogP contribution is -2.39. The van der Waals surface area contributed by atoms with Crippen LogP contribution in [0, 0.1) is 6.92 Å². The van der Waals surface area contributed by atoms with Crippen LogP contribution in [-0.2, 0) is 33.3 Å². The number of aryl methyl sites for hydroxylation is 1. The van der Waals surface area contributed by atoms with Crippen molar-refractivity contribution in [3.8, 4) is 22.6 Å². The zero-order valence-electron chi connectivity index (χ0n) is 32.0. The second-order valence-corrected chi connectivity index (χ2v) is 12.3. The lowest BCUT2D eigenvalue weighted by molar-refractivity contribution is -0.274. The first-order chi connectivity index (χ1) is 27.9. The summed E-state index contributed by atoms with van der Waals surface area (Å²) in [5, 5.41) is 21.1. The number of carbonyl (C=O) groups excluding carboxylic acids is 2. The van der Waals surface area contributed by atoms with Gasteiger partial charge in [-0.1, -0.05) is 29.4 Å². The van der Waals surface area contributed by atoms with Crippen molar-refractivity contribution in [1.29, 1.82) is 0 Å². The van der Waals surface area contributed by atoms with Crippen LogP contribution in [0.3, 0.4) is 0 Å². The molecule has 17 nitrogen and oxygen atoms in total. The predicted molar refractivity (Wildman–Crippen MR) is 204 cm³/mol. The van der Waals surface area contributed by atoms with Gasteiger partial charge in [-0.15, -0.1) is 13.2 Å². The molecule has 1 atom stereocenters. The number of hydrogen-bond acceptors (Lipinski definition) is 12. The van der Waals surface area contributed by atoms with Gasteiger partial charge in [-0.25, -0.2) is 4.98 Å². The number of amides is 2. The maximum Gasteiger partial charge on any atom is 0.573 e. The van der Waals surface area contributed by atoms with Crippen LogP contribution in [0.4, 0.5) is 19.0 Å². The third kappa shape index (κ3) is 20.0. The molecular formula is C38H48F3N7O10. The molecule has 0 aliphatic heterocycles. The lowest BCUT2D eigenvalue weighted by Gasteiger charge is -2.19. The molecule has 1 aromatic heterocycles. The molecule has 2 aromatic carbocycles. The molecule has 0 saturated carbocycles. The highest BCUT2D eigenvalue weighted by Crippen LogP contribution is 2.37. The number of carboxylic acid groups (broad SMARTS) is 1. The van der Waals surface area contributed by atoms with Crippen LogP contribution in [0.25, 0.3) is 21.6 Å². The van der Waals surface area contributed by atoms with Gasteiger partial charge in [-0.05, 0) is 59.8 Å². The third-order valence-corrected chi connectivity index (χ3v) is 7.78. The van der Waals surface area contributed by atoms with Gasteiger partial charge in [0.05, 0.1) is 71.9 Å². The first-order valence-corrected chi connectivity index (χ1v) is 18.3. The summed E-state index contributed by atoms with van der Waals surface area (Å²) in [5.41, 5.74) is 10.00. The molecule has 1 unspecified atom stereocenters. The highest BCUT2D eigenvalue weighted by Gasteiger charge is 2.32. The molecule has 58 heavy (non-hydrogen) atoms. The Balaban J connectivity index is 1.45. The number of carbonyl (C=O) groups is 3. The summed E-state index contributed by atoms with van der Waals surface area (Å²) in [5.74, 6) is -1.93. The normalized spacial score (nSPS) is 11.6. The number of anilines is 1. The number of benzene rings is 2. The summed E-state index contributed by atoms with van der Waals surface area (Å²) in [6.45, 7) is 4.75. The van der Waals surface area contributed by atoms with Crippen LogP contribution in [0.2, 0.25) is 0 Å². The highest BCUT2D eigenvalue weighted by atomic mass is 19.4. The van der Waals surface area contributed by atoms with E-state index in [9.17, 15) is 32.7 Å². The zero-order valence-corrected chi connectivity index (χ0v) is 32.0. The fourth-order valence-electron chi connectivity index (χ4n) is 5.10. The van der Waals surface area contributed by atoms with Crippen molar-refractivity contribution in [2.75, 3.05) is 84.4 Å². The summed E-state index contributed by atoms with van der Waals surface area (Å²) in [7, 11) is 0. The van der Waals surface area contributed by atoms with Crippen molar-refractivity contribution in [3.63, 3.8) is 0 Å². The van der Waals surface area contributed by atoms with E-state index in [0.717, 1.165) is 11.6 Å². The highest BCUT2D eigenvalue weighted by molar-refractivity contribution is 5.85. The quantitative estimate of drug-likeness (QED) is 0.0301. The van der Waals surface area contributed by atoms with E-state index >= 15 is 0 Å². The molecule has 0 spiro atoms. The number of azide groups is 1. The van der Waals surface area contributed by atoms with E-state index in [2.05, 4.69) is 35.7 Å². The molecule has 0 bridgehead atoms. The van der Waals surface area contributed by atoms with E-state index in [1.807, 2.05) is 19.1 Å². The topological polar surface area (TPSA) is 225 Å². The van der Waals surface area contributed by atoms with Crippen LogP contribution in [-0.4, -0.2) is 113 Å². The Kier molecular flexibility index (Phi) is 21.2. The van der Waals surface area contributed by atoms with Crippen LogP contribution in [0.1, 0.15) is 36.4 Å². The minimum atomic E-state index is -5.01. The van der Waals surface area contributed by atoms with Gasteiger partial charge in [0.25, 0.3) is 0 Å². The molecule has 0 radical (unpaired) electrons. The largest absolute Gasteiger partial charge is 0.573 e. The third-order valence-electron chi connectivity index (χ3n) is 7.78. The molecule has 2 amide bonds. The van der Waals surface area contributed by atoms with E-state index in [1.54, 1.807) is 6.20 Å². The van der Waals surface area contributed by atoms with Crippen molar-refractivity contribution in [3.05, 3.63) is 82.4 Å². The number of hydrogen-bond donors (Lipinski definition) is 4. The van der Waals surface area contributed by atoms with Crippen LogP contribution < -0.4 is 25.4 Å². The number of pyridine rings is 1. The zero-order chi connectivity index (χ0) is 42.0. The van der Waals surface area contributed by atoms with Crippen molar-refractivity contribution in [1.82, 2.24) is 15.6 Å². The maximum absolute atomic E-state index is 13.4. The van der Waals surface area contributed by atoms with Crippen LogP contribution in [0.15, 0.2) is 65.9 Å². The fraction of sp³-hybridized carbons (Fsp3) is 0.474. The summed E-state index contributed by atoms with van der Waals surface area (Å²) in [6, 6.07) is 12.6. The monoisotopic (exact) mass is 819 g/mol.